The molecule has 1 amide bonds. The molecule has 0 bridgehead atoms. The fraction of sp³-hybridized carbons (Fsp3) is 0.778. The summed E-state index contributed by atoms with van der Waals surface area (Å²) >= 11 is 0. The lowest BCUT2D eigenvalue weighted by molar-refractivity contribution is 0.00884. The minimum atomic E-state index is -2.64. The van der Waals surface area contributed by atoms with Crippen LogP contribution in [0.3, 0.4) is 0 Å². The molecule has 1 aromatic rings. The minimum Gasteiger partial charge on any atom is -0.394 e. The number of likely N-dealkylation sites (tertiary alicyclic amines) is 2. The second-order valence-electron chi connectivity index (χ2n) is 7.58. The van der Waals surface area contributed by atoms with E-state index in [0.717, 1.165) is 6.42 Å². The number of alkyl halides is 2. The maximum absolute atomic E-state index is 13.5. The van der Waals surface area contributed by atoms with Gasteiger partial charge in [0.1, 0.15) is 11.3 Å². The van der Waals surface area contributed by atoms with Crippen molar-refractivity contribution in [1.82, 2.24) is 15.0 Å². The summed E-state index contributed by atoms with van der Waals surface area (Å²) in [6, 6.07) is -0.379. The van der Waals surface area contributed by atoms with Gasteiger partial charge in [-0.15, -0.1) is 0 Å². The number of carbonyl (C=O) groups excluding carboxylic acids is 1. The molecule has 3 rings (SSSR count). The lowest BCUT2D eigenvalue weighted by Crippen LogP contribution is -2.44. The van der Waals surface area contributed by atoms with E-state index in [-0.39, 0.29) is 43.4 Å². The molecule has 3 heterocycles. The molecular formula is C18H27F2N3O3. The van der Waals surface area contributed by atoms with Crippen molar-refractivity contribution in [3.05, 3.63) is 17.0 Å². The normalized spacial score (nSPS) is 28.8. The van der Waals surface area contributed by atoms with Gasteiger partial charge in [0.25, 0.3) is 11.8 Å². The fourth-order valence-corrected chi connectivity index (χ4v) is 4.43. The molecule has 3 atom stereocenters. The number of hydrogen-bond donors (Lipinski definition) is 1. The highest BCUT2D eigenvalue weighted by molar-refractivity contribution is 5.96. The smallest absolute Gasteiger partial charge is 0.261 e. The standard InChI is InChI=1S/C18H27F2N3O3/c1-4-13-7-23(17(25)16-11(2)21-26-12(16)3)15(9-24)14(13)8-22-6-5-18(19,20)10-22/h13-15,24H,4-10H2,1-3H3/t13-,14-,15-/m1/s1. The monoisotopic (exact) mass is 371 g/mol. The van der Waals surface area contributed by atoms with Gasteiger partial charge in [-0.25, -0.2) is 8.78 Å². The van der Waals surface area contributed by atoms with E-state index in [1.807, 2.05) is 6.92 Å². The molecule has 0 saturated carbocycles. The summed E-state index contributed by atoms with van der Waals surface area (Å²) in [6.45, 7) is 6.37. The van der Waals surface area contributed by atoms with Crippen LogP contribution in [-0.4, -0.2) is 70.7 Å². The highest BCUT2D eigenvalue weighted by atomic mass is 19.3. The molecule has 0 aromatic carbocycles. The maximum Gasteiger partial charge on any atom is 0.261 e. The zero-order chi connectivity index (χ0) is 19.1. The number of carbonyl (C=O) groups is 1. The summed E-state index contributed by atoms with van der Waals surface area (Å²) in [7, 11) is 0. The van der Waals surface area contributed by atoms with E-state index in [1.54, 1.807) is 23.6 Å². The van der Waals surface area contributed by atoms with Crippen molar-refractivity contribution in [2.45, 2.75) is 45.6 Å². The summed E-state index contributed by atoms with van der Waals surface area (Å²) in [5.74, 6) is -2.23. The number of aliphatic hydroxyl groups is 1. The van der Waals surface area contributed by atoms with Crippen LogP contribution in [0.5, 0.6) is 0 Å². The van der Waals surface area contributed by atoms with E-state index < -0.39 is 5.92 Å². The summed E-state index contributed by atoms with van der Waals surface area (Å²) in [6.07, 6.45) is 0.707. The van der Waals surface area contributed by atoms with E-state index in [1.165, 1.54) is 0 Å². The second kappa shape index (κ2) is 7.23. The van der Waals surface area contributed by atoms with Crippen molar-refractivity contribution in [2.24, 2.45) is 11.8 Å². The number of aliphatic hydroxyl groups excluding tert-OH is 1. The van der Waals surface area contributed by atoms with Gasteiger partial charge in [0, 0.05) is 26.1 Å². The van der Waals surface area contributed by atoms with Crippen LogP contribution in [0, 0.1) is 25.7 Å². The summed E-state index contributed by atoms with van der Waals surface area (Å²) in [5.41, 5.74) is 0.964. The number of rotatable bonds is 5. The van der Waals surface area contributed by atoms with Crippen LogP contribution in [0.25, 0.3) is 0 Å². The van der Waals surface area contributed by atoms with Crippen LogP contribution in [-0.2, 0) is 0 Å². The highest BCUT2D eigenvalue weighted by Gasteiger charge is 2.46. The third-order valence-electron chi connectivity index (χ3n) is 5.87. The molecule has 0 spiro atoms. The van der Waals surface area contributed by atoms with E-state index in [2.05, 4.69) is 5.16 Å². The van der Waals surface area contributed by atoms with Crippen LogP contribution in [0.2, 0.25) is 0 Å². The first kappa shape index (κ1) is 19.2. The van der Waals surface area contributed by atoms with Crippen molar-refractivity contribution >= 4 is 5.91 Å². The van der Waals surface area contributed by atoms with Crippen molar-refractivity contribution in [1.29, 1.82) is 0 Å². The Labute approximate surface area is 152 Å². The Hall–Kier alpha value is -1.54. The van der Waals surface area contributed by atoms with Gasteiger partial charge in [-0.05, 0) is 25.7 Å². The SMILES string of the molecule is CC[C@@H]1CN(C(=O)c2c(C)noc2C)[C@H](CO)[C@@H]1CN1CCC(F)(F)C1. The van der Waals surface area contributed by atoms with Crippen molar-refractivity contribution < 1.29 is 23.2 Å². The Bertz CT molecular complexity index is 645. The third-order valence-corrected chi connectivity index (χ3v) is 5.87. The third kappa shape index (κ3) is 3.49. The molecule has 26 heavy (non-hydrogen) atoms. The first-order chi connectivity index (χ1) is 12.3. The molecule has 146 valence electrons. The van der Waals surface area contributed by atoms with Gasteiger partial charge in [-0.3, -0.25) is 9.69 Å². The fourth-order valence-electron chi connectivity index (χ4n) is 4.43. The lowest BCUT2D eigenvalue weighted by Gasteiger charge is -2.30. The molecule has 1 aromatic heterocycles. The van der Waals surface area contributed by atoms with Gasteiger partial charge < -0.3 is 14.5 Å². The van der Waals surface area contributed by atoms with E-state index >= 15 is 0 Å². The molecule has 2 fully saturated rings. The van der Waals surface area contributed by atoms with Crippen molar-refractivity contribution in [3.8, 4) is 0 Å². The topological polar surface area (TPSA) is 69.8 Å². The number of amides is 1. The Morgan fingerprint density at radius 3 is 2.65 bits per heavy atom. The lowest BCUT2D eigenvalue weighted by atomic mass is 9.88. The minimum absolute atomic E-state index is 0.0247. The molecule has 0 radical (unpaired) electrons. The number of aryl methyl sites for hydroxylation is 2. The van der Waals surface area contributed by atoms with Crippen LogP contribution in [0.4, 0.5) is 8.78 Å². The molecular weight excluding hydrogens is 344 g/mol. The number of aromatic nitrogens is 1. The predicted octanol–water partition coefficient (Wildman–Crippen LogP) is 2.09. The number of hydrogen-bond acceptors (Lipinski definition) is 5. The molecule has 0 aliphatic carbocycles. The van der Waals surface area contributed by atoms with Crippen molar-refractivity contribution in [2.75, 3.05) is 32.8 Å². The molecule has 6 nitrogen and oxygen atoms in total. The molecule has 2 aliphatic heterocycles. The average Bonchev–Trinajstić information content (AvgIpc) is 3.22. The largest absolute Gasteiger partial charge is 0.394 e. The molecule has 8 heteroatoms. The predicted molar refractivity (Wildman–Crippen MR) is 91.2 cm³/mol. The Morgan fingerprint density at radius 1 is 1.42 bits per heavy atom. The first-order valence-electron chi connectivity index (χ1n) is 9.22. The zero-order valence-electron chi connectivity index (χ0n) is 15.5. The van der Waals surface area contributed by atoms with Crippen LogP contribution in [0.1, 0.15) is 41.6 Å². The quantitative estimate of drug-likeness (QED) is 0.858. The molecule has 0 unspecified atom stereocenters. The van der Waals surface area contributed by atoms with Crippen molar-refractivity contribution in [3.63, 3.8) is 0 Å². The first-order valence-corrected chi connectivity index (χ1v) is 9.22. The molecule has 2 aliphatic rings. The Kier molecular flexibility index (Phi) is 5.35. The van der Waals surface area contributed by atoms with Crippen LogP contribution >= 0.6 is 0 Å². The van der Waals surface area contributed by atoms with Gasteiger partial charge in [-0.1, -0.05) is 18.5 Å². The van der Waals surface area contributed by atoms with Gasteiger partial charge >= 0.3 is 0 Å². The molecule has 1 N–H and O–H groups in total. The van der Waals surface area contributed by atoms with Crippen LogP contribution < -0.4 is 0 Å². The zero-order valence-corrected chi connectivity index (χ0v) is 15.5. The summed E-state index contributed by atoms with van der Waals surface area (Å²) < 4.78 is 32.2. The summed E-state index contributed by atoms with van der Waals surface area (Å²) in [4.78, 5) is 16.5. The van der Waals surface area contributed by atoms with E-state index in [4.69, 9.17) is 4.52 Å². The Morgan fingerprint density at radius 2 is 2.15 bits per heavy atom. The van der Waals surface area contributed by atoms with E-state index in [0.29, 0.717) is 36.7 Å². The number of nitrogens with zero attached hydrogens (tertiary/aromatic N) is 3. The highest BCUT2D eigenvalue weighted by Crippen LogP contribution is 2.36. The van der Waals surface area contributed by atoms with Gasteiger partial charge in [0.2, 0.25) is 0 Å². The van der Waals surface area contributed by atoms with Gasteiger partial charge in [0.05, 0.1) is 24.9 Å². The van der Waals surface area contributed by atoms with Gasteiger partial charge in [0.15, 0.2) is 0 Å². The number of halogens is 2. The second-order valence-corrected chi connectivity index (χ2v) is 7.58. The molecule has 2 saturated heterocycles. The Balaban J connectivity index is 1.79. The summed E-state index contributed by atoms with van der Waals surface area (Å²) in [5, 5.41) is 13.8. The van der Waals surface area contributed by atoms with E-state index in [9.17, 15) is 18.7 Å². The van der Waals surface area contributed by atoms with Gasteiger partial charge in [-0.2, -0.15) is 0 Å². The van der Waals surface area contributed by atoms with Crippen LogP contribution in [0.15, 0.2) is 4.52 Å². The maximum atomic E-state index is 13.5. The average molecular weight is 371 g/mol.